The van der Waals surface area contributed by atoms with Crippen LogP contribution in [0.4, 0.5) is 17.3 Å². The van der Waals surface area contributed by atoms with E-state index in [1.165, 1.54) is 17.9 Å². The molecule has 1 aliphatic heterocycles. The molecule has 4 heterocycles. The summed E-state index contributed by atoms with van der Waals surface area (Å²) < 4.78 is 30.5. The molecular weight excluding hydrogens is 500 g/mol. The van der Waals surface area contributed by atoms with Crippen LogP contribution < -0.4 is 15.4 Å². The van der Waals surface area contributed by atoms with Crippen LogP contribution in [0.3, 0.4) is 0 Å². The number of thiazole rings is 1. The number of rotatable bonds is 8. The van der Waals surface area contributed by atoms with Crippen molar-refractivity contribution in [2.24, 2.45) is 5.92 Å². The lowest BCUT2D eigenvalue weighted by Crippen LogP contribution is -2.25. The second-order valence-corrected chi connectivity index (χ2v) is 12.4. The number of carbonyl (C=O) groups is 1. The van der Waals surface area contributed by atoms with Crippen LogP contribution in [0.25, 0.3) is 10.6 Å². The zero-order valence-corrected chi connectivity index (χ0v) is 22.0. The van der Waals surface area contributed by atoms with Crippen molar-refractivity contribution in [3.63, 3.8) is 0 Å². The molecule has 3 aromatic rings. The summed E-state index contributed by atoms with van der Waals surface area (Å²) in [7, 11) is -1.49. The molecule has 0 radical (unpaired) electrons. The average Bonchev–Trinajstić information content (AvgIpc) is 3.54. The number of anilines is 3. The molecule has 36 heavy (non-hydrogen) atoms. The smallest absolute Gasteiger partial charge is 0.222 e. The molecule has 1 aliphatic carbocycles. The quantitative estimate of drug-likeness (QED) is 0.452. The summed E-state index contributed by atoms with van der Waals surface area (Å²) in [5, 5.41) is 6.65. The van der Waals surface area contributed by atoms with Gasteiger partial charge < -0.3 is 20.3 Å². The van der Waals surface area contributed by atoms with Crippen LogP contribution in [-0.2, 0) is 27.6 Å². The highest BCUT2D eigenvalue weighted by Gasteiger charge is 2.24. The molecule has 0 saturated heterocycles. The number of nitrogens with one attached hydrogen (secondary N) is 2. The molecule has 0 spiro atoms. The first-order valence-corrected chi connectivity index (χ1v) is 14.4. The minimum absolute atomic E-state index is 0.0799. The van der Waals surface area contributed by atoms with Gasteiger partial charge in [-0.15, -0.1) is 11.3 Å². The number of aromatic nitrogens is 3. The maximum Gasteiger partial charge on any atom is 0.222 e. The number of ether oxygens (including phenoxy) is 1. The van der Waals surface area contributed by atoms with Gasteiger partial charge in [-0.1, -0.05) is 0 Å². The molecule has 3 aromatic heterocycles. The van der Waals surface area contributed by atoms with Gasteiger partial charge in [-0.05, 0) is 25.8 Å². The van der Waals surface area contributed by atoms with Crippen molar-refractivity contribution in [1.82, 2.24) is 19.9 Å². The van der Waals surface area contributed by atoms with Crippen molar-refractivity contribution in [3.8, 4) is 16.3 Å². The van der Waals surface area contributed by atoms with Crippen molar-refractivity contribution >= 4 is 44.4 Å². The fourth-order valence-electron chi connectivity index (χ4n) is 3.87. The molecule has 0 aromatic carbocycles. The molecular formula is C24H28N6O4S2. The first-order valence-electron chi connectivity index (χ1n) is 11.7. The number of likely N-dealkylation sites (N-methyl/N-ethyl adjacent to an activating group) is 1. The summed E-state index contributed by atoms with van der Waals surface area (Å²) in [6.07, 6.45) is 5.90. The largest absolute Gasteiger partial charge is 0.493 e. The van der Waals surface area contributed by atoms with E-state index in [1.807, 2.05) is 0 Å². The SMILES string of the molecule is CC(=O)Nc1cc(Nc2cc(OCC3CC3)cc(S(C)(=O)=O)n2)c(-c2nc3c(s2)CN(C)CC3)cn1. The Kier molecular flexibility index (Phi) is 6.66. The molecule has 190 valence electrons. The minimum Gasteiger partial charge on any atom is -0.493 e. The molecule has 5 rings (SSSR count). The molecule has 1 saturated carbocycles. The van der Waals surface area contributed by atoms with Crippen molar-refractivity contribution < 1.29 is 17.9 Å². The number of sulfone groups is 1. The Hall–Kier alpha value is -3.09. The van der Waals surface area contributed by atoms with Gasteiger partial charge in [0.25, 0.3) is 0 Å². The lowest BCUT2D eigenvalue weighted by atomic mass is 10.2. The van der Waals surface area contributed by atoms with Gasteiger partial charge in [-0.25, -0.2) is 23.4 Å². The van der Waals surface area contributed by atoms with E-state index in [2.05, 4.69) is 32.5 Å². The van der Waals surface area contributed by atoms with Crippen LogP contribution in [0.15, 0.2) is 29.4 Å². The number of hydrogen-bond donors (Lipinski definition) is 2. The molecule has 2 aliphatic rings. The predicted molar refractivity (Wildman–Crippen MR) is 139 cm³/mol. The summed E-state index contributed by atoms with van der Waals surface area (Å²) in [6.45, 7) is 3.74. The van der Waals surface area contributed by atoms with Gasteiger partial charge in [-0.2, -0.15) is 0 Å². The Morgan fingerprint density at radius 3 is 2.75 bits per heavy atom. The number of pyridine rings is 2. The first kappa shape index (κ1) is 24.6. The molecule has 1 fully saturated rings. The van der Waals surface area contributed by atoms with Crippen molar-refractivity contribution in [1.29, 1.82) is 0 Å². The predicted octanol–water partition coefficient (Wildman–Crippen LogP) is 3.48. The third-order valence-electron chi connectivity index (χ3n) is 5.96. The number of amides is 1. The van der Waals surface area contributed by atoms with E-state index in [-0.39, 0.29) is 10.9 Å². The monoisotopic (exact) mass is 528 g/mol. The second kappa shape index (κ2) is 9.75. The van der Waals surface area contributed by atoms with Crippen LogP contribution in [0.1, 0.15) is 30.3 Å². The summed E-state index contributed by atoms with van der Waals surface area (Å²) >= 11 is 1.60. The zero-order chi connectivity index (χ0) is 25.4. The Labute approximate surface area is 214 Å². The standard InChI is InChI=1S/C24H28N6O4S2/c1-14(31)26-21-10-19(17(11-25-21)24-28-18-6-7-30(2)12-20(18)35-24)27-22-8-16(34-13-15-4-5-15)9-23(29-22)36(3,32)33/h8-11,15H,4-7,12-13H2,1-3H3,(H2,25,26,27,29,31). The zero-order valence-electron chi connectivity index (χ0n) is 20.4. The topological polar surface area (TPSA) is 126 Å². The fourth-order valence-corrected chi connectivity index (χ4v) is 5.68. The summed E-state index contributed by atoms with van der Waals surface area (Å²) in [4.78, 5) is 28.7. The highest BCUT2D eigenvalue weighted by molar-refractivity contribution is 7.90. The van der Waals surface area contributed by atoms with Gasteiger partial charge >= 0.3 is 0 Å². The van der Waals surface area contributed by atoms with E-state index in [0.717, 1.165) is 54.9 Å². The van der Waals surface area contributed by atoms with Crippen LogP contribution >= 0.6 is 11.3 Å². The summed E-state index contributed by atoms with van der Waals surface area (Å²) in [6, 6.07) is 4.83. The highest BCUT2D eigenvalue weighted by atomic mass is 32.2. The highest BCUT2D eigenvalue weighted by Crippen LogP contribution is 2.37. The normalized spacial score (nSPS) is 15.9. The number of fused-ring (bicyclic) bond motifs is 1. The van der Waals surface area contributed by atoms with Gasteiger partial charge in [0.05, 0.1) is 23.6 Å². The molecule has 12 heteroatoms. The van der Waals surface area contributed by atoms with Crippen LogP contribution in [0.5, 0.6) is 5.75 Å². The van der Waals surface area contributed by atoms with E-state index >= 15 is 0 Å². The molecule has 0 bridgehead atoms. The van der Waals surface area contributed by atoms with Crippen molar-refractivity contribution in [2.45, 2.75) is 37.8 Å². The van der Waals surface area contributed by atoms with Gasteiger partial charge in [-0.3, -0.25) is 4.79 Å². The first-order chi connectivity index (χ1) is 17.1. The third-order valence-corrected chi connectivity index (χ3v) is 8.05. The maximum absolute atomic E-state index is 12.3. The van der Waals surface area contributed by atoms with Crippen LogP contribution in [0, 0.1) is 5.92 Å². The van der Waals surface area contributed by atoms with Crippen LogP contribution in [-0.4, -0.2) is 60.6 Å². The summed E-state index contributed by atoms with van der Waals surface area (Å²) in [5.41, 5.74) is 2.41. The Morgan fingerprint density at radius 2 is 2.03 bits per heavy atom. The summed E-state index contributed by atoms with van der Waals surface area (Å²) in [5.74, 6) is 1.37. The molecule has 2 N–H and O–H groups in total. The number of hydrogen-bond acceptors (Lipinski definition) is 10. The molecule has 0 atom stereocenters. The van der Waals surface area contributed by atoms with Crippen LogP contribution in [0.2, 0.25) is 0 Å². The Morgan fingerprint density at radius 1 is 1.22 bits per heavy atom. The molecule has 0 unspecified atom stereocenters. The Bertz CT molecular complexity index is 1420. The maximum atomic E-state index is 12.3. The van der Waals surface area contributed by atoms with E-state index < -0.39 is 9.84 Å². The van der Waals surface area contributed by atoms with Crippen molar-refractivity contribution in [3.05, 3.63) is 35.0 Å². The lowest BCUT2D eigenvalue weighted by molar-refractivity contribution is -0.114. The van der Waals surface area contributed by atoms with E-state index in [0.29, 0.717) is 35.6 Å². The lowest BCUT2D eigenvalue weighted by Gasteiger charge is -2.20. The average molecular weight is 529 g/mol. The number of nitrogens with zero attached hydrogens (tertiary/aromatic N) is 4. The van der Waals surface area contributed by atoms with E-state index in [4.69, 9.17) is 9.72 Å². The van der Waals surface area contributed by atoms with Gasteiger partial charge in [0, 0.05) is 62.0 Å². The van der Waals surface area contributed by atoms with E-state index in [1.54, 1.807) is 29.7 Å². The fraction of sp³-hybridized carbons (Fsp3) is 0.417. The second-order valence-electron chi connectivity index (χ2n) is 9.35. The minimum atomic E-state index is -3.57. The van der Waals surface area contributed by atoms with Crippen molar-refractivity contribution in [2.75, 3.05) is 37.1 Å². The molecule has 10 nitrogen and oxygen atoms in total. The molecule has 1 amide bonds. The van der Waals surface area contributed by atoms with Gasteiger partial charge in [0.1, 0.15) is 22.4 Å². The van der Waals surface area contributed by atoms with Gasteiger partial charge in [0.2, 0.25) is 5.91 Å². The number of carbonyl (C=O) groups excluding carboxylic acids is 1. The van der Waals surface area contributed by atoms with E-state index in [9.17, 15) is 13.2 Å². The third kappa shape index (κ3) is 5.82. The Balaban J connectivity index is 1.53. The van der Waals surface area contributed by atoms with Gasteiger partial charge in [0.15, 0.2) is 14.9 Å².